The molecule has 6 nitrogen and oxygen atoms in total. The quantitative estimate of drug-likeness (QED) is 0.875. The molecule has 2 aromatic rings. The molecule has 2 heterocycles. The lowest BCUT2D eigenvalue weighted by Gasteiger charge is -2.38. The first-order chi connectivity index (χ1) is 12.0. The molecule has 1 saturated heterocycles. The van der Waals surface area contributed by atoms with Crippen LogP contribution in [0.1, 0.15) is 26.5 Å². The molecule has 134 valence electrons. The monoisotopic (exact) mass is 341 g/mol. The van der Waals surface area contributed by atoms with Crippen molar-refractivity contribution in [3.05, 3.63) is 46.4 Å². The Labute approximate surface area is 148 Å². The molecule has 0 aliphatic carbocycles. The molecule has 0 unspecified atom stereocenters. The summed E-state index contributed by atoms with van der Waals surface area (Å²) < 4.78 is 0. The maximum Gasteiger partial charge on any atom is 0.252 e. The molecule has 6 heteroatoms. The smallest absolute Gasteiger partial charge is 0.252 e. The van der Waals surface area contributed by atoms with Gasteiger partial charge in [-0.3, -0.25) is 14.7 Å². The summed E-state index contributed by atoms with van der Waals surface area (Å²) in [5.74, 6) is 0.489. The third kappa shape index (κ3) is 4.39. The SMILES string of the molecule is CCc1cc(=O)[nH]c(Nc2ccc(N3CCN(C(C)C)CC3)cc2)n1. The second-order valence-corrected chi connectivity index (χ2v) is 6.73. The van der Waals surface area contributed by atoms with Gasteiger partial charge in [-0.25, -0.2) is 4.98 Å². The molecule has 3 rings (SSSR count). The summed E-state index contributed by atoms with van der Waals surface area (Å²) in [6, 6.07) is 10.4. The van der Waals surface area contributed by atoms with Gasteiger partial charge < -0.3 is 10.2 Å². The summed E-state index contributed by atoms with van der Waals surface area (Å²) >= 11 is 0. The van der Waals surface area contributed by atoms with Crippen LogP contribution in [0, 0.1) is 0 Å². The van der Waals surface area contributed by atoms with Gasteiger partial charge >= 0.3 is 0 Å². The summed E-state index contributed by atoms with van der Waals surface area (Å²) in [4.78, 5) is 23.7. The molecule has 0 saturated carbocycles. The Bertz CT molecular complexity index is 745. The molecule has 1 aromatic heterocycles. The molecule has 1 aromatic carbocycles. The zero-order valence-electron chi connectivity index (χ0n) is 15.2. The highest BCUT2D eigenvalue weighted by molar-refractivity contribution is 5.59. The number of piperazine rings is 1. The van der Waals surface area contributed by atoms with Gasteiger partial charge in [0, 0.05) is 55.4 Å². The molecule has 0 atom stereocenters. The van der Waals surface area contributed by atoms with Crippen molar-refractivity contribution in [3.63, 3.8) is 0 Å². The molecule has 0 radical (unpaired) electrons. The van der Waals surface area contributed by atoms with Crippen molar-refractivity contribution < 1.29 is 0 Å². The molecular formula is C19H27N5O. The van der Waals surface area contributed by atoms with Crippen LogP contribution in [0.2, 0.25) is 0 Å². The van der Waals surface area contributed by atoms with Crippen LogP contribution in [0.15, 0.2) is 35.1 Å². The molecule has 2 N–H and O–H groups in total. The van der Waals surface area contributed by atoms with Crippen LogP contribution in [0.5, 0.6) is 0 Å². The van der Waals surface area contributed by atoms with Crippen LogP contribution in [0.4, 0.5) is 17.3 Å². The number of nitrogens with one attached hydrogen (secondary N) is 2. The molecule has 25 heavy (non-hydrogen) atoms. The first-order valence-electron chi connectivity index (χ1n) is 9.01. The average Bonchev–Trinajstić information content (AvgIpc) is 2.62. The van der Waals surface area contributed by atoms with Crippen molar-refractivity contribution in [2.75, 3.05) is 36.4 Å². The Morgan fingerprint density at radius 3 is 2.44 bits per heavy atom. The van der Waals surface area contributed by atoms with Crippen molar-refractivity contribution in [3.8, 4) is 0 Å². The molecule has 1 fully saturated rings. The number of H-pyrrole nitrogens is 1. The lowest BCUT2D eigenvalue weighted by atomic mass is 10.2. The van der Waals surface area contributed by atoms with Gasteiger partial charge in [0.15, 0.2) is 0 Å². The largest absolute Gasteiger partial charge is 0.369 e. The second-order valence-electron chi connectivity index (χ2n) is 6.73. The molecular weight excluding hydrogens is 314 g/mol. The molecule has 1 aliphatic rings. The third-order valence-corrected chi connectivity index (χ3v) is 4.70. The van der Waals surface area contributed by atoms with Crippen molar-refractivity contribution in [1.29, 1.82) is 0 Å². The number of aromatic nitrogens is 2. The highest BCUT2D eigenvalue weighted by atomic mass is 16.1. The van der Waals surface area contributed by atoms with Crippen LogP contribution in [0.3, 0.4) is 0 Å². The van der Waals surface area contributed by atoms with Crippen LogP contribution in [-0.2, 0) is 6.42 Å². The lowest BCUT2D eigenvalue weighted by Crippen LogP contribution is -2.48. The van der Waals surface area contributed by atoms with E-state index in [-0.39, 0.29) is 5.56 Å². The summed E-state index contributed by atoms with van der Waals surface area (Å²) in [6.07, 6.45) is 0.736. The standard InChI is InChI=1S/C19H27N5O/c1-4-15-13-18(25)22-19(20-15)21-16-5-7-17(8-6-16)24-11-9-23(10-12-24)14(2)3/h5-8,13-14H,4,9-12H2,1-3H3,(H2,20,21,22,25). The van der Waals surface area contributed by atoms with Crippen molar-refractivity contribution in [2.45, 2.75) is 33.2 Å². The summed E-state index contributed by atoms with van der Waals surface area (Å²) in [5.41, 5.74) is 2.80. The van der Waals surface area contributed by atoms with Gasteiger partial charge in [0.1, 0.15) is 0 Å². The number of aryl methyl sites for hydroxylation is 1. The zero-order chi connectivity index (χ0) is 17.8. The van der Waals surface area contributed by atoms with E-state index in [1.165, 1.54) is 11.8 Å². The summed E-state index contributed by atoms with van der Waals surface area (Å²) in [6.45, 7) is 10.8. The van der Waals surface area contributed by atoms with E-state index in [0.29, 0.717) is 12.0 Å². The Hall–Kier alpha value is -2.34. The van der Waals surface area contributed by atoms with Crippen LogP contribution < -0.4 is 15.8 Å². The first kappa shape index (κ1) is 17.5. The van der Waals surface area contributed by atoms with E-state index < -0.39 is 0 Å². The summed E-state index contributed by atoms with van der Waals surface area (Å²) in [7, 11) is 0. The van der Waals surface area contributed by atoms with Gasteiger partial charge in [-0.05, 0) is 44.5 Å². The topological polar surface area (TPSA) is 64.3 Å². The molecule has 0 bridgehead atoms. The van der Waals surface area contributed by atoms with E-state index in [4.69, 9.17) is 0 Å². The molecule has 1 aliphatic heterocycles. The van der Waals surface area contributed by atoms with Gasteiger partial charge in [0.2, 0.25) is 5.95 Å². The van der Waals surface area contributed by atoms with Crippen LogP contribution in [-0.4, -0.2) is 47.1 Å². The van der Waals surface area contributed by atoms with E-state index in [2.05, 4.69) is 51.1 Å². The van der Waals surface area contributed by atoms with E-state index in [9.17, 15) is 4.79 Å². The van der Waals surface area contributed by atoms with Gasteiger partial charge in [0.25, 0.3) is 5.56 Å². The minimum absolute atomic E-state index is 0.131. The number of benzene rings is 1. The lowest BCUT2D eigenvalue weighted by molar-refractivity contribution is 0.209. The Morgan fingerprint density at radius 1 is 1.16 bits per heavy atom. The predicted octanol–water partition coefficient (Wildman–Crippen LogP) is 2.61. The maximum atomic E-state index is 11.6. The fraction of sp³-hybridized carbons (Fsp3) is 0.474. The van der Waals surface area contributed by atoms with Crippen molar-refractivity contribution in [2.24, 2.45) is 0 Å². The number of rotatable bonds is 5. The van der Waals surface area contributed by atoms with Crippen LogP contribution >= 0.6 is 0 Å². The van der Waals surface area contributed by atoms with Crippen molar-refractivity contribution in [1.82, 2.24) is 14.9 Å². The highest BCUT2D eigenvalue weighted by Gasteiger charge is 2.18. The number of hydrogen-bond acceptors (Lipinski definition) is 5. The molecule has 0 amide bonds. The normalized spacial score (nSPS) is 15.6. The molecule has 0 spiro atoms. The van der Waals surface area contributed by atoms with Crippen LogP contribution in [0.25, 0.3) is 0 Å². The summed E-state index contributed by atoms with van der Waals surface area (Å²) in [5, 5.41) is 3.18. The van der Waals surface area contributed by atoms with Crippen molar-refractivity contribution >= 4 is 17.3 Å². The Kier molecular flexibility index (Phi) is 5.38. The minimum atomic E-state index is -0.131. The van der Waals surface area contributed by atoms with Gasteiger partial charge in [-0.2, -0.15) is 0 Å². The number of anilines is 3. The fourth-order valence-electron chi connectivity index (χ4n) is 3.14. The van der Waals surface area contributed by atoms with E-state index in [1.807, 2.05) is 19.1 Å². The predicted molar refractivity (Wildman–Crippen MR) is 103 cm³/mol. The first-order valence-corrected chi connectivity index (χ1v) is 9.01. The Morgan fingerprint density at radius 2 is 1.84 bits per heavy atom. The third-order valence-electron chi connectivity index (χ3n) is 4.70. The zero-order valence-corrected chi connectivity index (χ0v) is 15.2. The van der Waals surface area contributed by atoms with Gasteiger partial charge in [-0.1, -0.05) is 6.92 Å². The van der Waals surface area contributed by atoms with Gasteiger partial charge in [-0.15, -0.1) is 0 Å². The van der Waals surface area contributed by atoms with E-state index in [1.54, 1.807) is 0 Å². The number of hydrogen-bond donors (Lipinski definition) is 2. The number of aromatic amines is 1. The fourth-order valence-corrected chi connectivity index (χ4v) is 3.14. The minimum Gasteiger partial charge on any atom is -0.369 e. The second kappa shape index (κ2) is 7.70. The van der Waals surface area contributed by atoms with E-state index in [0.717, 1.165) is 44.0 Å². The maximum absolute atomic E-state index is 11.6. The Balaban J connectivity index is 1.65. The average molecular weight is 341 g/mol. The van der Waals surface area contributed by atoms with Gasteiger partial charge in [0.05, 0.1) is 0 Å². The van der Waals surface area contributed by atoms with E-state index >= 15 is 0 Å². The number of nitrogens with zero attached hydrogens (tertiary/aromatic N) is 3. The highest BCUT2D eigenvalue weighted by Crippen LogP contribution is 2.21.